The van der Waals surface area contributed by atoms with Crippen LogP contribution in [-0.4, -0.2) is 6.36 Å². The van der Waals surface area contributed by atoms with Crippen LogP contribution in [0.25, 0.3) is 0 Å². The van der Waals surface area contributed by atoms with Crippen LogP contribution < -0.4 is 10.5 Å². The maximum Gasteiger partial charge on any atom is 0.573 e. The average Bonchev–Trinajstić information content (AvgIpc) is 2.24. The van der Waals surface area contributed by atoms with Gasteiger partial charge in [0.25, 0.3) is 0 Å². The number of benzene rings is 1. The lowest BCUT2D eigenvalue weighted by molar-refractivity contribution is -0.274. The summed E-state index contributed by atoms with van der Waals surface area (Å²) in [5, 5.41) is 0. The van der Waals surface area contributed by atoms with Crippen LogP contribution in [0.4, 0.5) is 13.2 Å². The molecule has 0 radical (unpaired) electrons. The maximum atomic E-state index is 11.9. The molecule has 0 saturated heterocycles. The average molecular weight is 282 g/mol. The molecule has 1 rings (SSSR count). The van der Waals surface area contributed by atoms with E-state index in [1.54, 1.807) is 6.08 Å². The normalized spacial score (nSPS) is 12.4. The molecule has 0 heterocycles. The number of ether oxygens (including phenoxy) is 1. The predicted molar refractivity (Wildman–Crippen MR) is 66.7 cm³/mol. The Kier molecular flexibility index (Phi) is 6.80. The van der Waals surface area contributed by atoms with Crippen LogP contribution in [0.3, 0.4) is 0 Å². The minimum Gasteiger partial charge on any atom is -0.406 e. The van der Waals surface area contributed by atoms with Gasteiger partial charge in [-0.15, -0.1) is 32.2 Å². The standard InChI is InChI=1S/C12H14F3NO.ClH/c1-2-3-4-11(16)9-5-7-10(8-6-9)17-12(13,14)15;/h2,5-8,11H,1,3-4,16H2;1H/t11-;/m1./s1. The molecule has 1 aromatic rings. The van der Waals surface area contributed by atoms with E-state index in [0.717, 1.165) is 12.0 Å². The van der Waals surface area contributed by atoms with Gasteiger partial charge < -0.3 is 10.5 Å². The summed E-state index contributed by atoms with van der Waals surface area (Å²) in [7, 11) is 0. The monoisotopic (exact) mass is 281 g/mol. The minimum atomic E-state index is -4.66. The van der Waals surface area contributed by atoms with Gasteiger partial charge in [0.05, 0.1) is 0 Å². The van der Waals surface area contributed by atoms with Crippen LogP contribution in [0.2, 0.25) is 0 Å². The summed E-state index contributed by atoms with van der Waals surface area (Å²) in [6.45, 7) is 3.58. The quantitative estimate of drug-likeness (QED) is 0.829. The Morgan fingerprint density at radius 3 is 2.28 bits per heavy atom. The number of allylic oxidation sites excluding steroid dienone is 1. The number of nitrogens with two attached hydrogens (primary N) is 1. The summed E-state index contributed by atoms with van der Waals surface area (Å²) in [5.74, 6) is -0.239. The zero-order valence-electron chi connectivity index (χ0n) is 9.61. The fourth-order valence-corrected chi connectivity index (χ4v) is 1.38. The second-order valence-electron chi connectivity index (χ2n) is 3.59. The van der Waals surface area contributed by atoms with Crippen molar-refractivity contribution in [2.45, 2.75) is 25.2 Å². The van der Waals surface area contributed by atoms with E-state index in [-0.39, 0.29) is 24.2 Å². The first-order valence-corrected chi connectivity index (χ1v) is 5.14. The number of hydrogen-bond acceptors (Lipinski definition) is 2. The smallest absolute Gasteiger partial charge is 0.406 e. The topological polar surface area (TPSA) is 35.2 Å². The predicted octanol–water partition coefficient (Wildman–Crippen LogP) is 3.97. The number of rotatable bonds is 5. The Balaban J connectivity index is 0.00000289. The van der Waals surface area contributed by atoms with E-state index in [1.807, 2.05) is 0 Å². The molecule has 0 aliphatic rings. The van der Waals surface area contributed by atoms with E-state index >= 15 is 0 Å². The van der Waals surface area contributed by atoms with Gasteiger partial charge in [0.2, 0.25) is 0 Å². The number of alkyl halides is 3. The van der Waals surface area contributed by atoms with Crippen LogP contribution in [0.5, 0.6) is 5.75 Å². The molecule has 1 atom stereocenters. The fourth-order valence-electron chi connectivity index (χ4n) is 1.38. The van der Waals surface area contributed by atoms with Gasteiger partial charge in [-0.2, -0.15) is 0 Å². The Hall–Kier alpha value is -1.20. The van der Waals surface area contributed by atoms with Gasteiger partial charge in [0, 0.05) is 6.04 Å². The first kappa shape index (κ1) is 16.8. The SMILES string of the molecule is C=CCC[C@@H](N)c1ccc(OC(F)(F)F)cc1.Cl. The molecule has 2 nitrogen and oxygen atoms in total. The van der Waals surface area contributed by atoms with Crippen molar-refractivity contribution in [2.24, 2.45) is 5.73 Å². The van der Waals surface area contributed by atoms with Crippen LogP contribution in [0.1, 0.15) is 24.4 Å². The van der Waals surface area contributed by atoms with Gasteiger partial charge in [-0.3, -0.25) is 0 Å². The summed E-state index contributed by atoms with van der Waals surface area (Å²) < 4.78 is 39.5. The molecule has 6 heteroatoms. The molecule has 0 fully saturated rings. The molecule has 1 aromatic carbocycles. The van der Waals surface area contributed by atoms with Crippen molar-refractivity contribution in [3.8, 4) is 5.75 Å². The molecular formula is C12H15ClF3NO. The van der Waals surface area contributed by atoms with Gasteiger partial charge in [-0.05, 0) is 30.5 Å². The van der Waals surface area contributed by atoms with Gasteiger partial charge in [0.1, 0.15) is 5.75 Å². The molecule has 102 valence electrons. The summed E-state index contributed by atoms with van der Waals surface area (Å²) in [6, 6.07) is 5.39. The highest BCUT2D eigenvalue weighted by Gasteiger charge is 2.30. The molecule has 18 heavy (non-hydrogen) atoms. The van der Waals surface area contributed by atoms with Crippen LogP contribution in [-0.2, 0) is 0 Å². The van der Waals surface area contributed by atoms with Crippen molar-refractivity contribution >= 4 is 12.4 Å². The molecule has 2 N–H and O–H groups in total. The number of hydrogen-bond donors (Lipinski definition) is 1. The first-order chi connectivity index (χ1) is 7.92. The molecule has 0 aromatic heterocycles. The molecule has 0 spiro atoms. The first-order valence-electron chi connectivity index (χ1n) is 5.14. The lowest BCUT2D eigenvalue weighted by Crippen LogP contribution is -2.17. The van der Waals surface area contributed by atoms with Crippen molar-refractivity contribution in [3.63, 3.8) is 0 Å². The van der Waals surface area contributed by atoms with Gasteiger partial charge in [-0.1, -0.05) is 18.2 Å². The van der Waals surface area contributed by atoms with E-state index in [2.05, 4.69) is 11.3 Å². The van der Waals surface area contributed by atoms with E-state index in [0.29, 0.717) is 6.42 Å². The van der Waals surface area contributed by atoms with Crippen LogP contribution in [0.15, 0.2) is 36.9 Å². The Bertz CT molecular complexity index is 365. The molecule has 0 aliphatic carbocycles. The molecule has 0 aliphatic heterocycles. The third-order valence-corrected chi connectivity index (χ3v) is 2.22. The van der Waals surface area contributed by atoms with E-state index in [4.69, 9.17) is 5.73 Å². The minimum absolute atomic E-state index is 0. The largest absolute Gasteiger partial charge is 0.573 e. The van der Waals surface area contributed by atoms with E-state index < -0.39 is 6.36 Å². The zero-order chi connectivity index (χ0) is 12.9. The molecule has 0 bridgehead atoms. The number of halogens is 4. The molecule has 0 saturated carbocycles. The van der Waals surface area contributed by atoms with Crippen LogP contribution >= 0.6 is 12.4 Å². The Morgan fingerprint density at radius 1 is 1.28 bits per heavy atom. The summed E-state index contributed by atoms with van der Waals surface area (Å²) >= 11 is 0. The zero-order valence-corrected chi connectivity index (χ0v) is 10.4. The summed E-state index contributed by atoms with van der Waals surface area (Å²) in [4.78, 5) is 0. The van der Waals surface area contributed by atoms with Crippen molar-refractivity contribution in [1.82, 2.24) is 0 Å². The Morgan fingerprint density at radius 2 is 1.83 bits per heavy atom. The van der Waals surface area contributed by atoms with Gasteiger partial charge in [0.15, 0.2) is 0 Å². The third kappa shape index (κ3) is 5.93. The van der Waals surface area contributed by atoms with Crippen molar-refractivity contribution in [1.29, 1.82) is 0 Å². The Labute approximate surface area is 110 Å². The van der Waals surface area contributed by atoms with Gasteiger partial charge in [-0.25, -0.2) is 0 Å². The van der Waals surface area contributed by atoms with Crippen molar-refractivity contribution in [2.75, 3.05) is 0 Å². The van der Waals surface area contributed by atoms with Crippen molar-refractivity contribution in [3.05, 3.63) is 42.5 Å². The summed E-state index contributed by atoms with van der Waals surface area (Å²) in [6.07, 6.45) is -1.43. The molecule has 0 unspecified atom stereocenters. The highest BCUT2D eigenvalue weighted by atomic mass is 35.5. The lowest BCUT2D eigenvalue weighted by atomic mass is 10.0. The third-order valence-electron chi connectivity index (χ3n) is 2.22. The fraction of sp³-hybridized carbons (Fsp3) is 0.333. The van der Waals surface area contributed by atoms with E-state index in [1.165, 1.54) is 24.3 Å². The maximum absolute atomic E-state index is 11.9. The molecular weight excluding hydrogens is 267 g/mol. The second-order valence-corrected chi connectivity index (χ2v) is 3.59. The van der Waals surface area contributed by atoms with Gasteiger partial charge >= 0.3 is 6.36 Å². The lowest BCUT2D eigenvalue weighted by Gasteiger charge is -2.12. The molecule has 0 amide bonds. The highest BCUT2D eigenvalue weighted by molar-refractivity contribution is 5.85. The van der Waals surface area contributed by atoms with Crippen LogP contribution in [0, 0.1) is 0 Å². The van der Waals surface area contributed by atoms with E-state index in [9.17, 15) is 13.2 Å². The van der Waals surface area contributed by atoms with Crippen molar-refractivity contribution < 1.29 is 17.9 Å². The highest BCUT2D eigenvalue weighted by Crippen LogP contribution is 2.24. The second kappa shape index (κ2) is 7.28. The summed E-state index contributed by atoms with van der Waals surface area (Å²) in [5.41, 5.74) is 6.63.